The van der Waals surface area contributed by atoms with Gasteiger partial charge in [0.05, 0.1) is 0 Å². The molecule has 0 saturated carbocycles. The first-order valence-corrected chi connectivity index (χ1v) is 3.30. The zero-order valence-electron chi connectivity index (χ0n) is 6.29. The molecule has 0 bridgehead atoms. The lowest BCUT2D eigenvalue weighted by Crippen LogP contribution is -1.99. The molecule has 1 aromatic rings. The highest BCUT2D eigenvalue weighted by molar-refractivity contribution is 5.16. The second kappa shape index (κ2) is 3.62. The van der Waals surface area contributed by atoms with E-state index < -0.39 is 0 Å². The maximum Gasteiger partial charge on any atom is 0.315 e. The summed E-state index contributed by atoms with van der Waals surface area (Å²) in [5.41, 5.74) is 0. The molecule has 0 amide bonds. The molecule has 11 heavy (non-hydrogen) atoms. The Morgan fingerprint density at radius 2 is 2.45 bits per heavy atom. The molecule has 0 atom stereocenters. The van der Waals surface area contributed by atoms with Crippen LogP contribution in [-0.4, -0.2) is 16.7 Å². The molecule has 0 radical (unpaired) electrons. The first-order chi connectivity index (χ1) is 5.33. The number of nitrogens with one attached hydrogen (secondary N) is 1. The number of aryl methyl sites for hydroxylation is 1. The molecule has 1 rings (SSSR count). The molecule has 0 aliphatic rings. The highest BCUT2D eigenvalue weighted by Crippen LogP contribution is 2.02. The number of aromatic nitrogens is 2. The Morgan fingerprint density at radius 3 is 3.00 bits per heavy atom. The van der Waals surface area contributed by atoms with Gasteiger partial charge in [-0.1, -0.05) is 5.10 Å². The molecule has 0 unspecified atom stereocenters. The monoisotopic (exact) mass is 151 g/mol. The second-order valence-electron chi connectivity index (χ2n) is 2.01. The number of nitrogens with zero attached hydrogens (tertiary/aromatic N) is 2. The van der Waals surface area contributed by atoms with E-state index in [4.69, 9.17) is 10.8 Å². The quantitative estimate of drug-likeness (QED) is 0.513. The number of anilines is 1. The van der Waals surface area contributed by atoms with Crippen molar-refractivity contribution in [3.05, 3.63) is 5.89 Å². The highest BCUT2D eigenvalue weighted by Gasteiger charge is 1.97. The Bertz CT molecular complexity index is 261. The van der Waals surface area contributed by atoms with E-state index in [-0.39, 0.29) is 0 Å². The normalized spacial score (nSPS) is 9.09. The summed E-state index contributed by atoms with van der Waals surface area (Å²) in [5, 5.41) is 10.2. The van der Waals surface area contributed by atoms with Crippen molar-refractivity contribution in [3.63, 3.8) is 0 Å². The fourth-order valence-electron chi connectivity index (χ4n) is 0.610. The van der Waals surface area contributed by atoms with Crippen LogP contribution in [0.5, 0.6) is 0 Å². The minimum atomic E-state index is 0.428. The Balaban J connectivity index is 2.34. The summed E-state index contributed by atoms with van der Waals surface area (Å²) in [4.78, 5) is 0. The average molecular weight is 151 g/mol. The van der Waals surface area contributed by atoms with E-state index in [0.29, 0.717) is 24.9 Å². The summed E-state index contributed by atoms with van der Waals surface area (Å²) in [7, 11) is 0. The summed E-state index contributed by atoms with van der Waals surface area (Å²) in [6.07, 6.45) is 5.70. The number of hydrogen-bond acceptors (Lipinski definition) is 4. The maximum absolute atomic E-state index is 5.04. The standard InChI is InChI=1S/C7H9N3O/c1-3-4-5-8-7-10-9-6(2)11-7/h1H,4-5H2,2H3,(H,8,10). The zero-order valence-corrected chi connectivity index (χ0v) is 6.29. The van der Waals surface area contributed by atoms with E-state index in [2.05, 4.69) is 21.4 Å². The zero-order chi connectivity index (χ0) is 8.10. The van der Waals surface area contributed by atoms with E-state index in [1.54, 1.807) is 6.92 Å². The number of hydrogen-bond donors (Lipinski definition) is 1. The van der Waals surface area contributed by atoms with Crippen molar-refractivity contribution in [1.82, 2.24) is 10.2 Å². The number of terminal acetylenes is 1. The second-order valence-corrected chi connectivity index (χ2v) is 2.01. The van der Waals surface area contributed by atoms with Gasteiger partial charge < -0.3 is 9.73 Å². The highest BCUT2D eigenvalue weighted by atomic mass is 16.4. The van der Waals surface area contributed by atoms with Crippen molar-refractivity contribution in [2.75, 3.05) is 11.9 Å². The number of rotatable bonds is 3. The van der Waals surface area contributed by atoms with Crippen molar-refractivity contribution in [2.24, 2.45) is 0 Å². The van der Waals surface area contributed by atoms with Crippen LogP contribution in [0, 0.1) is 19.3 Å². The SMILES string of the molecule is C#CCCNc1nnc(C)o1. The molecule has 0 saturated heterocycles. The van der Waals surface area contributed by atoms with Crippen LogP contribution >= 0.6 is 0 Å². The van der Waals surface area contributed by atoms with Gasteiger partial charge in [-0.15, -0.1) is 17.4 Å². The van der Waals surface area contributed by atoms with Gasteiger partial charge in [-0.05, 0) is 0 Å². The van der Waals surface area contributed by atoms with Gasteiger partial charge in [0.25, 0.3) is 0 Å². The summed E-state index contributed by atoms with van der Waals surface area (Å²) < 4.78 is 5.03. The van der Waals surface area contributed by atoms with E-state index in [1.165, 1.54) is 0 Å². The third-order valence-electron chi connectivity index (χ3n) is 1.07. The summed E-state index contributed by atoms with van der Waals surface area (Å²) in [5.74, 6) is 3.04. The molecule has 0 aromatic carbocycles. The van der Waals surface area contributed by atoms with Gasteiger partial charge in [0, 0.05) is 19.9 Å². The molecule has 0 fully saturated rings. The van der Waals surface area contributed by atoms with Crippen LogP contribution in [0.15, 0.2) is 4.42 Å². The molecule has 1 N–H and O–H groups in total. The molecule has 58 valence electrons. The Labute approximate surface area is 65.0 Å². The Morgan fingerprint density at radius 1 is 1.64 bits per heavy atom. The van der Waals surface area contributed by atoms with Gasteiger partial charge in [0.2, 0.25) is 5.89 Å². The summed E-state index contributed by atoms with van der Waals surface area (Å²) >= 11 is 0. The van der Waals surface area contributed by atoms with Gasteiger partial charge >= 0.3 is 6.01 Å². The molecular formula is C7H9N3O. The predicted molar refractivity (Wildman–Crippen MR) is 41.0 cm³/mol. The van der Waals surface area contributed by atoms with Crippen LogP contribution in [-0.2, 0) is 0 Å². The van der Waals surface area contributed by atoms with Crippen LogP contribution in [0.3, 0.4) is 0 Å². The minimum Gasteiger partial charge on any atom is -0.408 e. The smallest absolute Gasteiger partial charge is 0.315 e. The van der Waals surface area contributed by atoms with Crippen LogP contribution in [0.2, 0.25) is 0 Å². The van der Waals surface area contributed by atoms with Crippen LogP contribution < -0.4 is 5.32 Å². The third-order valence-corrected chi connectivity index (χ3v) is 1.07. The molecule has 0 aliphatic heterocycles. The maximum atomic E-state index is 5.04. The molecule has 0 spiro atoms. The van der Waals surface area contributed by atoms with Gasteiger partial charge in [-0.2, -0.15) is 0 Å². The van der Waals surface area contributed by atoms with Crippen molar-refractivity contribution in [3.8, 4) is 12.3 Å². The first kappa shape index (κ1) is 7.61. The van der Waals surface area contributed by atoms with Gasteiger partial charge in [0.15, 0.2) is 0 Å². The molecular weight excluding hydrogens is 142 g/mol. The van der Waals surface area contributed by atoms with Gasteiger partial charge in [-0.3, -0.25) is 0 Å². The molecule has 4 nitrogen and oxygen atoms in total. The average Bonchev–Trinajstić information content (AvgIpc) is 2.37. The van der Waals surface area contributed by atoms with Crippen LogP contribution in [0.25, 0.3) is 0 Å². The molecule has 1 heterocycles. The van der Waals surface area contributed by atoms with Crippen LogP contribution in [0.4, 0.5) is 6.01 Å². The lowest BCUT2D eigenvalue weighted by Gasteiger charge is -1.93. The largest absolute Gasteiger partial charge is 0.408 e. The first-order valence-electron chi connectivity index (χ1n) is 3.30. The topological polar surface area (TPSA) is 51.0 Å². The lowest BCUT2D eigenvalue weighted by atomic mass is 10.4. The van der Waals surface area contributed by atoms with Crippen LogP contribution in [0.1, 0.15) is 12.3 Å². The molecule has 4 heteroatoms. The van der Waals surface area contributed by atoms with E-state index in [9.17, 15) is 0 Å². The van der Waals surface area contributed by atoms with Crippen molar-refractivity contribution in [1.29, 1.82) is 0 Å². The van der Waals surface area contributed by atoms with Crippen molar-refractivity contribution in [2.45, 2.75) is 13.3 Å². The van der Waals surface area contributed by atoms with Gasteiger partial charge in [-0.25, -0.2) is 0 Å². The molecule has 1 aromatic heterocycles. The lowest BCUT2D eigenvalue weighted by molar-refractivity contribution is 0.531. The van der Waals surface area contributed by atoms with Crippen molar-refractivity contribution < 1.29 is 4.42 Å². The Hall–Kier alpha value is -1.50. The van der Waals surface area contributed by atoms with E-state index in [0.717, 1.165) is 0 Å². The molecule has 0 aliphatic carbocycles. The van der Waals surface area contributed by atoms with Crippen molar-refractivity contribution >= 4 is 6.01 Å². The third kappa shape index (κ3) is 2.30. The van der Waals surface area contributed by atoms with Gasteiger partial charge in [0.1, 0.15) is 0 Å². The van der Waals surface area contributed by atoms with E-state index in [1.807, 2.05) is 0 Å². The fraction of sp³-hybridized carbons (Fsp3) is 0.429. The predicted octanol–water partition coefficient (Wildman–Crippen LogP) is 0.813. The van der Waals surface area contributed by atoms with E-state index >= 15 is 0 Å². The fourth-order valence-corrected chi connectivity index (χ4v) is 0.610. The summed E-state index contributed by atoms with van der Waals surface area (Å²) in [6, 6.07) is 0.428. The summed E-state index contributed by atoms with van der Waals surface area (Å²) in [6.45, 7) is 2.40. The minimum absolute atomic E-state index is 0.428. The Kier molecular flexibility index (Phi) is 2.50.